The third kappa shape index (κ3) is 4.27. The Hall–Kier alpha value is -1.93. The van der Waals surface area contributed by atoms with E-state index < -0.39 is 34.4 Å². The maximum Gasteiger partial charge on any atom is 0.305 e. The second-order valence-corrected chi connectivity index (χ2v) is 6.55. The number of amides is 1. The molecule has 4 N–H and O–H groups in total. The van der Waals surface area contributed by atoms with Crippen LogP contribution in [0.1, 0.15) is 23.1 Å². The van der Waals surface area contributed by atoms with Gasteiger partial charge in [-0.2, -0.15) is 4.72 Å². The Bertz CT molecular complexity index is 659. The van der Waals surface area contributed by atoms with Crippen molar-refractivity contribution < 1.29 is 23.1 Å². The highest BCUT2D eigenvalue weighted by molar-refractivity contribution is 7.89. The van der Waals surface area contributed by atoms with Gasteiger partial charge in [0.25, 0.3) is 0 Å². The smallest absolute Gasteiger partial charge is 0.305 e. The van der Waals surface area contributed by atoms with Crippen LogP contribution in [0.2, 0.25) is 0 Å². The van der Waals surface area contributed by atoms with Crippen molar-refractivity contribution in [2.75, 3.05) is 0 Å². The molecule has 1 atom stereocenters. The zero-order chi connectivity index (χ0) is 16.4. The van der Waals surface area contributed by atoms with Gasteiger partial charge in [-0.3, -0.25) is 9.59 Å². The fourth-order valence-corrected chi connectivity index (χ4v) is 3.87. The van der Waals surface area contributed by atoms with E-state index in [9.17, 15) is 18.0 Å². The van der Waals surface area contributed by atoms with Crippen LogP contribution in [-0.4, -0.2) is 31.4 Å². The lowest BCUT2D eigenvalue weighted by atomic mass is 10.1. The van der Waals surface area contributed by atoms with Gasteiger partial charge in [0.2, 0.25) is 15.9 Å². The van der Waals surface area contributed by atoms with Crippen molar-refractivity contribution in [3.63, 3.8) is 0 Å². The van der Waals surface area contributed by atoms with Crippen LogP contribution in [0.15, 0.2) is 17.0 Å². The van der Waals surface area contributed by atoms with Gasteiger partial charge >= 0.3 is 5.97 Å². The van der Waals surface area contributed by atoms with Crippen molar-refractivity contribution in [2.24, 2.45) is 5.73 Å². The van der Waals surface area contributed by atoms with E-state index in [-0.39, 0.29) is 4.90 Å². The summed E-state index contributed by atoms with van der Waals surface area (Å²) in [6, 6.07) is 1.89. The van der Waals surface area contributed by atoms with E-state index in [2.05, 4.69) is 4.72 Å². The molecule has 0 fully saturated rings. The number of aryl methyl sites for hydroxylation is 3. The van der Waals surface area contributed by atoms with Gasteiger partial charge in [0, 0.05) is 0 Å². The molecule has 1 amide bonds. The summed E-state index contributed by atoms with van der Waals surface area (Å²) >= 11 is 0. The van der Waals surface area contributed by atoms with Crippen molar-refractivity contribution in [2.45, 2.75) is 38.1 Å². The van der Waals surface area contributed by atoms with Crippen molar-refractivity contribution in [3.8, 4) is 0 Å². The van der Waals surface area contributed by atoms with Crippen molar-refractivity contribution in [1.29, 1.82) is 0 Å². The number of nitrogens with one attached hydrogen (secondary N) is 1. The number of carboxylic acids is 1. The number of carbonyl (C=O) groups excluding carboxylic acids is 1. The molecule has 1 rings (SSSR count). The summed E-state index contributed by atoms with van der Waals surface area (Å²) in [7, 11) is -4.04. The number of carbonyl (C=O) groups is 2. The Kier molecular flexibility index (Phi) is 5.08. The molecule has 0 aliphatic rings. The van der Waals surface area contributed by atoms with E-state index in [1.807, 2.05) is 6.92 Å². The number of carboxylic acid groups (broad SMARTS) is 1. The molecule has 8 heteroatoms. The molecule has 0 radical (unpaired) electrons. The minimum Gasteiger partial charge on any atom is -0.481 e. The fourth-order valence-electron chi connectivity index (χ4n) is 2.21. The standard InChI is InChI=1S/C13H18N2O5S/c1-7-4-8(2)12(9(3)5-7)21(19,20)15-10(13(14)18)6-11(16)17/h4-5,10,15H,6H2,1-3H3,(H2,14,18)(H,16,17). The van der Waals surface area contributed by atoms with Crippen molar-refractivity contribution in [1.82, 2.24) is 4.72 Å². The maximum absolute atomic E-state index is 12.4. The molecule has 0 bridgehead atoms. The van der Waals surface area contributed by atoms with Gasteiger partial charge in [-0.1, -0.05) is 17.7 Å². The SMILES string of the molecule is Cc1cc(C)c(S(=O)(=O)NC(CC(=O)O)C(N)=O)c(C)c1. The lowest BCUT2D eigenvalue weighted by Gasteiger charge is -2.17. The zero-order valence-electron chi connectivity index (χ0n) is 12.0. The normalized spacial score (nSPS) is 12.9. The molecular formula is C13H18N2O5S. The van der Waals surface area contributed by atoms with Crippen molar-refractivity contribution >= 4 is 21.9 Å². The average molecular weight is 314 g/mol. The number of rotatable bonds is 6. The second-order valence-electron chi connectivity index (χ2n) is 4.90. The zero-order valence-corrected chi connectivity index (χ0v) is 12.8. The number of hydrogen-bond acceptors (Lipinski definition) is 4. The topological polar surface area (TPSA) is 127 Å². The Morgan fingerprint density at radius 3 is 2.10 bits per heavy atom. The number of nitrogens with two attached hydrogens (primary N) is 1. The first-order chi connectivity index (χ1) is 9.54. The molecule has 116 valence electrons. The molecule has 0 aliphatic carbocycles. The van der Waals surface area contributed by atoms with Crippen LogP contribution in [0.25, 0.3) is 0 Å². The second kappa shape index (κ2) is 6.23. The molecule has 0 saturated carbocycles. The van der Waals surface area contributed by atoms with Gasteiger partial charge in [-0.05, 0) is 31.9 Å². The third-order valence-electron chi connectivity index (χ3n) is 2.89. The monoisotopic (exact) mass is 314 g/mol. The summed E-state index contributed by atoms with van der Waals surface area (Å²) in [5.74, 6) is -2.36. The highest BCUT2D eigenvalue weighted by Gasteiger charge is 2.28. The van der Waals surface area contributed by atoms with E-state index >= 15 is 0 Å². The molecule has 0 heterocycles. The van der Waals surface area contributed by atoms with Gasteiger partial charge in [0.05, 0.1) is 11.3 Å². The van der Waals surface area contributed by atoms with Gasteiger partial charge < -0.3 is 10.8 Å². The first-order valence-corrected chi connectivity index (χ1v) is 7.64. The van der Waals surface area contributed by atoms with Crippen LogP contribution in [0.3, 0.4) is 0 Å². The van der Waals surface area contributed by atoms with Crippen LogP contribution in [0.4, 0.5) is 0 Å². The van der Waals surface area contributed by atoms with Gasteiger partial charge in [-0.15, -0.1) is 0 Å². The molecule has 0 aromatic heterocycles. The van der Waals surface area contributed by atoms with E-state index in [1.54, 1.807) is 26.0 Å². The van der Waals surface area contributed by atoms with Crippen LogP contribution >= 0.6 is 0 Å². The summed E-state index contributed by atoms with van der Waals surface area (Å²) in [5.41, 5.74) is 6.97. The van der Waals surface area contributed by atoms with E-state index in [1.165, 1.54) is 0 Å². The van der Waals surface area contributed by atoms with Gasteiger partial charge in [-0.25, -0.2) is 8.42 Å². The summed E-state index contributed by atoms with van der Waals surface area (Å²) < 4.78 is 26.8. The Balaban J connectivity index is 3.23. The molecule has 0 spiro atoms. The van der Waals surface area contributed by atoms with E-state index in [0.29, 0.717) is 11.1 Å². The average Bonchev–Trinajstić information content (AvgIpc) is 2.24. The Morgan fingerprint density at radius 1 is 1.24 bits per heavy atom. The number of sulfonamides is 1. The molecule has 1 aromatic rings. The summed E-state index contributed by atoms with van der Waals surface area (Å²) in [5, 5.41) is 8.70. The minimum atomic E-state index is -4.04. The predicted octanol–water partition coefficient (Wildman–Crippen LogP) is 0.219. The lowest BCUT2D eigenvalue weighted by molar-refractivity contribution is -0.139. The summed E-state index contributed by atoms with van der Waals surface area (Å²) in [4.78, 5) is 21.9. The van der Waals surface area contributed by atoms with Gasteiger partial charge in [0.1, 0.15) is 6.04 Å². The largest absolute Gasteiger partial charge is 0.481 e. The quantitative estimate of drug-likeness (QED) is 0.692. The minimum absolute atomic E-state index is 0.0322. The van der Waals surface area contributed by atoms with Crippen molar-refractivity contribution in [3.05, 3.63) is 28.8 Å². The van der Waals surface area contributed by atoms with Crippen LogP contribution in [0, 0.1) is 20.8 Å². The van der Waals surface area contributed by atoms with E-state index in [4.69, 9.17) is 10.8 Å². The lowest BCUT2D eigenvalue weighted by Crippen LogP contribution is -2.45. The number of primary amides is 1. The first kappa shape index (κ1) is 17.1. The molecule has 1 aromatic carbocycles. The highest BCUT2D eigenvalue weighted by atomic mass is 32.2. The van der Waals surface area contributed by atoms with Gasteiger partial charge in [0.15, 0.2) is 0 Å². The summed E-state index contributed by atoms with van der Waals surface area (Å²) in [6.07, 6.45) is -0.710. The molecular weight excluding hydrogens is 296 g/mol. The number of hydrogen-bond donors (Lipinski definition) is 3. The predicted molar refractivity (Wildman–Crippen MR) is 76.2 cm³/mol. The summed E-state index contributed by atoms with van der Waals surface area (Å²) in [6.45, 7) is 5.09. The molecule has 1 unspecified atom stereocenters. The Morgan fingerprint density at radius 2 is 1.71 bits per heavy atom. The molecule has 21 heavy (non-hydrogen) atoms. The number of benzene rings is 1. The third-order valence-corrected chi connectivity index (χ3v) is 4.67. The van der Waals surface area contributed by atoms with Crippen LogP contribution < -0.4 is 10.5 Å². The Labute approximate surface area is 123 Å². The maximum atomic E-state index is 12.4. The first-order valence-electron chi connectivity index (χ1n) is 6.16. The highest BCUT2D eigenvalue weighted by Crippen LogP contribution is 2.22. The molecule has 7 nitrogen and oxygen atoms in total. The van der Waals surface area contributed by atoms with Crippen LogP contribution in [-0.2, 0) is 19.6 Å². The molecule has 0 aliphatic heterocycles. The molecule has 0 saturated heterocycles. The van der Waals surface area contributed by atoms with E-state index in [0.717, 1.165) is 5.56 Å². The number of aliphatic carboxylic acids is 1. The fraction of sp³-hybridized carbons (Fsp3) is 0.385. The van der Waals surface area contributed by atoms with Crippen LogP contribution in [0.5, 0.6) is 0 Å².